The van der Waals surface area contributed by atoms with Crippen molar-refractivity contribution in [3.05, 3.63) is 0 Å². The van der Waals surface area contributed by atoms with E-state index in [1.807, 2.05) is 0 Å². The summed E-state index contributed by atoms with van der Waals surface area (Å²) in [5.41, 5.74) is 5.18. The molecule has 0 aliphatic carbocycles. The molecule has 0 aliphatic heterocycles. The zero-order valence-corrected chi connectivity index (χ0v) is 9.43. The number of nitrogens with zero attached hydrogens (tertiary/aromatic N) is 2. The minimum Gasteiger partial charge on any atom is -0.365 e. The van der Waals surface area contributed by atoms with Crippen LogP contribution in [-0.2, 0) is 9.19 Å². The van der Waals surface area contributed by atoms with Crippen LogP contribution < -0.4 is 5.73 Å². The van der Waals surface area contributed by atoms with Crippen molar-refractivity contribution < 1.29 is 19.0 Å². The largest absolute Gasteiger partial charge is 0.545 e. The van der Waals surface area contributed by atoms with Gasteiger partial charge in [-0.2, -0.15) is 0 Å². The van der Waals surface area contributed by atoms with Crippen LogP contribution in [0.25, 0.3) is 0 Å². The monoisotopic (exact) mass is 237 g/mol. The van der Waals surface area contributed by atoms with Gasteiger partial charge in [-0.3, -0.25) is 14.4 Å². The molecular formula is C7H16N3O4P. The standard InChI is InChI=1S/C7H16N3O4P/c1-2-3-4-5-6-9-7(8)10-14-15(11,12)13/h6H,2-5H2,1H3,(H2,8,10)(H2,11,12,13). The van der Waals surface area contributed by atoms with Crippen LogP contribution in [0.2, 0.25) is 0 Å². The molecule has 0 aliphatic rings. The Hall–Kier alpha value is -0.910. The molecule has 4 N–H and O–H groups in total. The van der Waals surface area contributed by atoms with Gasteiger partial charge < -0.3 is 5.73 Å². The van der Waals surface area contributed by atoms with Crippen LogP contribution in [-0.4, -0.2) is 22.0 Å². The molecule has 8 heteroatoms. The van der Waals surface area contributed by atoms with Crippen molar-refractivity contribution in [3.63, 3.8) is 0 Å². The van der Waals surface area contributed by atoms with Crippen molar-refractivity contribution in [2.75, 3.05) is 0 Å². The predicted molar refractivity (Wildman–Crippen MR) is 57.4 cm³/mol. The van der Waals surface area contributed by atoms with Crippen molar-refractivity contribution in [2.45, 2.75) is 32.6 Å². The normalized spacial score (nSPS) is 13.4. The molecule has 0 unspecified atom stereocenters. The Bertz CT molecular complexity index is 273. The first-order valence-electron chi connectivity index (χ1n) is 4.56. The Kier molecular flexibility index (Phi) is 6.94. The minimum atomic E-state index is -4.61. The van der Waals surface area contributed by atoms with Crippen LogP contribution >= 0.6 is 7.82 Å². The summed E-state index contributed by atoms with van der Waals surface area (Å²) in [6.45, 7) is 2.08. The molecule has 0 saturated heterocycles. The molecule has 7 nitrogen and oxygen atoms in total. The first kappa shape index (κ1) is 14.1. The second-order valence-corrected chi connectivity index (χ2v) is 3.97. The lowest BCUT2D eigenvalue weighted by atomic mass is 10.2. The van der Waals surface area contributed by atoms with E-state index in [4.69, 9.17) is 15.5 Å². The summed E-state index contributed by atoms with van der Waals surface area (Å²) in [4.78, 5) is 20.2. The number of oxime groups is 1. The summed E-state index contributed by atoms with van der Waals surface area (Å²) in [5, 5.41) is 2.95. The Morgan fingerprint density at radius 3 is 2.73 bits per heavy atom. The van der Waals surface area contributed by atoms with E-state index in [1.165, 1.54) is 6.21 Å². The van der Waals surface area contributed by atoms with Gasteiger partial charge in [0, 0.05) is 6.21 Å². The van der Waals surface area contributed by atoms with Crippen molar-refractivity contribution in [2.24, 2.45) is 15.9 Å². The van der Waals surface area contributed by atoms with Crippen molar-refractivity contribution in [1.82, 2.24) is 0 Å². The second kappa shape index (κ2) is 7.39. The lowest BCUT2D eigenvalue weighted by molar-refractivity contribution is 0.204. The van der Waals surface area contributed by atoms with Gasteiger partial charge in [-0.25, -0.2) is 9.56 Å². The molecule has 0 bridgehead atoms. The molecular weight excluding hydrogens is 221 g/mol. The molecule has 0 atom stereocenters. The molecule has 0 saturated carbocycles. The fourth-order valence-electron chi connectivity index (χ4n) is 0.762. The molecule has 0 amide bonds. The third kappa shape index (κ3) is 11.0. The molecule has 0 spiro atoms. The average Bonchev–Trinajstić information content (AvgIpc) is 2.13. The summed E-state index contributed by atoms with van der Waals surface area (Å²) in [5.74, 6) is -0.310. The number of hydrogen-bond acceptors (Lipinski definition) is 3. The highest BCUT2D eigenvalue weighted by molar-refractivity contribution is 7.46. The molecule has 0 fully saturated rings. The number of aliphatic imine (C=N–C) groups is 1. The summed E-state index contributed by atoms with van der Waals surface area (Å²) in [7, 11) is -4.61. The van der Waals surface area contributed by atoms with Crippen molar-refractivity contribution in [1.29, 1.82) is 0 Å². The summed E-state index contributed by atoms with van der Waals surface area (Å²) in [6, 6.07) is 0. The molecule has 0 rings (SSSR count). The lowest BCUT2D eigenvalue weighted by Crippen LogP contribution is -2.08. The maximum Gasteiger partial charge on any atom is 0.545 e. The third-order valence-corrected chi connectivity index (χ3v) is 1.70. The van der Waals surface area contributed by atoms with E-state index >= 15 is 0 Å². The number of hydrogen-bond donors (Lipinski definition) is 3. The summed E-state index contributed by atoms with van der Waals surface area (Å²) in [6.07, 6.45) is 5.49. The molecule has 0 heterocycles. The molecule has 15 heavy (non-hydrogen) atoms. The van der Waals surface area contributed by atoms with Crippen LogP contribution in [0.4, 0.5) is 0 Å². The van der Waals surface area contributed by atoms with E-state index in [-0.39, 0.29) is 5.96 Å². The fraction of sp³-hybridized carbons (Fsp3) is 0.714. The summed E-state index contributed by atoms with van der Waals surface area (Å²) >= 11 is 0. The Morgan fingerprint density at radius 1 is 1.53 bits per heavy atom. The van der Waals surface area contributed by atoms with Gasteiger partial charge in [0.05, 0.1) is 0 Å². The van der Waals surface area contributed by atoms with E-state index < -0.39 is 7.82 Å². The fourth-order valence-corrected chi connectivity index (χ4v) is 0.952. The zero-order chi connectivity index (χ0) is 11.7. The highest BCUT2D eigenvalue weighted by Gasteiger charge is 2.14. The average molecular weight is 237 g/mol. The number of phosphoric acid groups is 1. The number of guanidine groups is 1. The Morgan fingerprint density at radius 2 is 2.20 bits per heavy atom. The second-order valence-electron chi connectivity index (χ2n) is 2.83. The maximum absolute atomic E-state index is 10.2. The number of unbranched alkanes of at least 4 members (excludes halogenated alkanes) is 3. The van der Waals surface area contributed by atoms with Crippen LogP contribution in [0.1, 0.15) is 32.6 Å². The van der Waals surface area contributed by atoms with E-state index in [2.05, 4.69) is 21.7 Å². The van der Waals surface area contributed by atoms with Crippen molar-refractivity contribution >= 4 is 20.0 Å². The van der Waals surface area contributed by atoms with Gasteiger partial charge in [-0.1, -0.05) is 19.8 Å². The molecule has 0 aromatic carbocycles. The zero-order valence-electron chi connectivity index (χ0n) is 8.54. The van der Waals surface area contributed by atoms with E-state index in [0.29, 0.717) is 0 Å². The first-order valence-corrected chi connectivity index (χ1v) is 6.09. The highest BCUT2D eigenvalue weighted by atomic mass is 31.2. The van der Waals surface area contributed by atoms with Gasteiger partial charge in [0.1, 0.15) is 0 Å². The SMILES string of the molecule is CCCCCC=N/C(N)=N/OP(=O)(O)O. The molecule has 0 aromatic heterocycles. The molecule has 0 aromatic rings. The quantitative estimate of drug-likeness (QED) is 0.209. The number of nitrogens with two attached hydrogens (primary N) is 1. The van der Waals surface area contributed by atoms with Gasteiger partial charge in [0.15, 0.2) is 0 Å². The Balaban J connectivity index is 3.81. The van der Waals surface area contributed by atoms with E-state index in [1.54, 1.807) is 0 Å². The Labute approximate surface area is 88.3 Å². The third-order valence-electron chi connectivity index (χ3n) is 1.40. The van der Waals surface area contributed by atoms with E-state index in [9.17, 15) is 4.57 Å². The smallest absolute Gasteiger partial charge is 0.365 e. The van der Waals surface area contributed by atoms with Crippen molar-refractivity contribution in [3.8, 4) is 0 Å². The maximum atomic E-state index is 10.2. The molecule has 88 valence electrons. The summed E-state index contributed by atoms with van der Waals surface area (Å²) < 4.78 is 14.0. The predicted octanol–water partition coefficient (Wildman–Crippen LogP) is 0.976. The van der Waals surface area contributed by atoms with Gasteiger partial charge in [0.2, 0.25) is 0 Å². The van der Waals surface area contributed by atoms with Gasteiger partial charge in [0.25, 0.3) is 5.96 Å². The topological polar surface area (TPSA) is 118 Å². The van der Waals surface area contributed by atoms with E-state index in [0.717, 1.165) is 25.7 Å². The first-order chi connectivity index (χ1) is 6.95. The molecule has 0 radical (unpaired) electrons. The van der Waals surface area contributed by atoms with Crippen LogP contribution in [0.3, 0.4) is 0 Å². The highest BCUT2D eigenvalue weighted by Crippen LogP contribution is 2.35. The van der Waals surface area contributed by atoms with Crippen LogP contribution in [0.15, 0.2) is 10.1 Å². The van der Waals surface area contributed by atoms with Gasteiger partial charge >= 0.3 is 7.82 Å². The van der Waals surface area contributed by atoms with Crippen LogP contribution in [0.5, 0.6) is 0 Å². The number of rotatable bonds is 6. The van der Waals surface area contributed by atoms with Crippen LogP contribution in [0, 0.1) is 0 Å². The lowest BCUT2D eigenvalue weighted by Gasteiger charge is -1.98. The van der Waals surface area contributed by atoms with Gasteiger partial charge in [-0.15, -0.1) is 0 Å². The minimum absolute atomic E-state index is 0.310. The van der Waals surface area contributed by atoms with Gasteiger partial charge in [-0.05, 0) is 18.0 Å².